The number of hydrogen-bond acceptors (Lipinski definition) is 11. The monoisotopic (exact) mass is 868 g/mol. The van der Waals surface area contributed by atoms with Gasteiger partial charge >= 0.3 is 0 Å². The fourth-order valence-electron chi connectivity index (χ4n) is 7.40. The number of likely N-dealkylation sites (tertiary alicyclic amines) is 1. The van der Waals surface area contributed by atoms with Crippen LogP contribution in [0.2, 0.25) is 0 Å². The predicted molar refractivity (Wildman–Crippen MR) is 228 cm³/mol. The number of rotatable bonds is 25. The lowest BCUT2D eigenvalue weighted by Gasteiger charge is -2.31. The molecule has 0 aromatic carbocycles. The van der Waals surface area contributed by atoms with Crippen molar-refractivity contribution in [3.8, 4) is 0 Å². The molecule has 0 radical (unpaired) electrons. The topological polar surface area (TPSA) is 323 Å². The van der Waals surface area contributed by atoms with Crippen LogP contribution in [0.25, 0.3) is 0 Å². The fourth-order valence-corrected chi connectivity index (χ4v) is 7.87. The van der Waals surface area contributed by atoms with Gasteiger partial charge < -0.3 is 59.1 Å². The predicted octanol–water partition coefficient (Wildman–Crippen LogP) is -1.77. The molecule has 2 fully saturated rings. The maximum atomic E-state index is 14.2. The Labute approximate surface area is 357 Å². The van der Waals surface area contributed by atoms with Gasteiger partial charge in [-0.1, -0.05) is 46.0 Å². The molecule has 20 nitrogen and oxygen atoms in total. The van der Waals surface area contributed by atoms with Crippen molar-refractivity contribution in [1.29, 1.82) is 0 Å². The van der Waals surface area contributed by atoms with E-state index in [0.717, 1.165) is 32.1 Å². The SMILES string of the molecule is CSCC[C@H](NC(=O)[C@@H]1CCCN1C(=O)[C@H](CCCN=C(N)N)NC(=O)[C@H](CC1CCCCC1)NC(C)=O)C(=O)N[C@@H](C)C(=O)N[C@@H](CO)C(=O)N[C@@H](CC(C)C)C(N)=O. The summed E-state index contributed by atoms with van der Waals surface area (Å²) in [7, 11) is 0. The summed E-state index contributed by atoms with van der Waals surface area (Å²) in [5.41, 5.74) is 16.4. The Hall–Kier alpha value is -4.66. The Morgan fingerprint density at radius 2 is 1.35 bits per heavy atom. The maximum Gasteiger partial charge on any atom is 0.245 e. The molecule has 0 aromatic rings. The second kappa shape index (κ2) is 26.5. The number of aliphatic hydroxyl groups excluding tert-OH is 1. The molecule has 21 heteroatoms. The van der Waals surface area contributed by atoms with E-state index in [0.29, 0.717) is 25.0 Å². The molecule has 0 bridgehead atoms. The summed E-state index contributed by atoms with van der Waals surface area (Å²) in [4.78, 5) is 111. The molecule has 340 valence electrons. The molecule has 13 N–H and O–H groups in total. The molecule has 0 spiro atoms. The molecular formula is C39H69N11O9S. The van der Waals surface area contributed by atoms with Gasteiger partial charge in [0.1, 0.15) is 42.3 Å². The molecule has 1 heterocycles. The molecule has 1 aliphatic heterocycles. The van der Waals surface area contributed by atoms with Gasteiger partial charge in [-0.2, -0.15) is 11.8 Å². The number of primary amides is 1. The first-order valence-electron chi connectivity index (χ1n) is 20.9. The van der Waals surface area contributed by atoms with Crippen LogP contribution in [0.5, 0.6) is 0 Å². The van der Waals surface area contributed by atoms with Gasteiger partial charge in [-0.3, -0.25) is 43.3 Å². The minimum atomic E-state index is -1.45. The summed E-state index contributed by atoms with van der Waals surface area (Å²) < 4.78 is 0. The molecular weight excluding hydrogens is 799 g/mol. The zero-order chi connectivity index (χ0) is 44.9. The molecule has 1 saturated heterocycles. The maximum absolute atomic E-state index is 14.2. The van der Waals surface area contributed by atoms with Crippen LogP contribution in [0, 0.1) is 11.8 Å². The lowest BCUT2D eigenvalue weighted by atomic mass is 9.84. The number of nitrogens with one attached hydrogen (secondary N) is 6. The molecule has 0 aromatic heterocycles. The molecule has 1 saturated carbocycles. The zero-order valence-corrected chi connectivity index (χ0v) is 36.6. The molecule has 2 aliphatic rings. The summed E-state index contributed by atoms with van der Waals surface area (Å²) in [6.45, 7) is 5.96. The van der Waals surface area contributed by atoms with Crippen LogP contribution in [0.1, 0.15) is 105 Å². The first-order valence-corrected chi connectivity index (χ1v) is 22.3. The van der Waals surface area contributed by atoms with E-state index in [2.05, 4.69) is 36.9 Å². The number of thioether (sulfide) groups is 1. The van der Waals surface area contributed by atoms with E-state index in [4.69, 9.17) is 17.2 Å². The summed E-state index contributed by atoms with van der Waals surface area (Å²) in [5.74, 6) is -4.50. The van der Waals surface area contributed by atoms with Crippen molar-refractivity contribution >= 4 is 65.0 Å². The third kappa shape index (κ3) is 17.9. The largest absolute Gasteiger partial charge is 0.394 e. The first kappa shape index (κ1) is 51.5. The lowest BCUT2D eigenvalue weighted by molar-refractivity contribution is -0.142. The van der Waals surface area contributed by atoms with Gasteiger partial charge in [0, 0.05) is 20.0 Å². The van der Waals surface area contributed by atoms with E-state index >= 15 is 0 Å². The molecule has 7 atom stereocenters. The summed E-state index contributed by atoms with van der Waals surface area (Å²) in [5, 5.41) is 25.6. The number of nitrogens with zero attached hydrogens (tertiary/aromatic N) is 2. The van der Waals surface area contributed by atoms with Crippen LogP contribution < -0.4 is 49.1 Å². The van der Waals surface area contributed by atoms with Crippen molar-refractivity contribution in [1.82, 2.24) is 36.8 Å². The van der Waals surface area contributed by atoms with Gasteiger partial charge in [0.05, 0.1) is 6.61 Å². The van der Waals surface area contributed by atoms with E-state index < -0.39 is 90.3 Å². The number of guanidine groups is 1. The van der Waals surface area contributed by atoms with E-state index in [-0.39, 0.29) is 62.5 Å². The van der Waals surface area contributed by atoms with Crippen LogP contribution in [-0.2, 0) is 38.4 Å². The van der Waals surface area contributed by atoms with E-state index in [9.17, 15) is 43.5 Å². The Kier molecular flexibility index (Phi) is 22.8. The Morgan fingerprint density at radius 1 is 0.733 bits per heavy atom. The summed E-state index contributed by atoms with van der Waals surface area (Å²) in [6, 6.07) is -7.70. The highest BCUT2D eigenvalue weighted by atomic mass is 32.2. The minimum absolute atomic E-state index is 0.0140. The third-order valence-electron chi connectivity index (χ3n) is 10.6. The number of carbonyl (C=O) groups excluding carboxylic acids is 8. The second-order valence-corrected chi connectivity index (χ2v) is 17.1. The van der Waals surface area contributed by atoms with Gasteiger partial charge in [-0.15, -0.1) is 0 Å². The van der Waals surface area contributed by atoms with Crippen molar-refractivity contribution < 1.29 is 43.5 Å². The summed E-state index contributed by atoms with van der Waals surface area (Å²) >= 11 is 1.43. The zero-order valence-electron chi connectivity index (χ0n) is 35.8. The molecule has 2 rings (SSSR count). The highest BCUT2D eigenvalue weighted by Gasteiger charge is 2.40. The summed E-state index contributed by atoms with van der Waals surface area (Å²) in [6.07, 6.45) is 9.00. The Morgan fingerprint density at radius 3 is 1.93 bits per heavy atom. The van der Waals surface area contributed by atoms with Gasteiger partial charge in [0.15, 0.2) is 5.96 Å². The fraction of sp³-hybridized carbons (Fsp3) is 0.769. The van der Waals surface area contributed by atoms with Crippen LogP contribution in [0.4, 0.5) is 0 Å². The van der Waals surface area contributed by atoms with E-state index in [1.165, 1.54) is 30.5 Å². The van der Waals surface area contributed by atoms with Gasteiger partial charge in [0.25, 0.3) is 0 Å². The highest BCUT2D eigenvalue weighted by molar-refractivity contribution is 7.98. The van der Waals surface area contributed by atoms with E-state index in [1.54, 1.807) is 0 Å². The van der Waals surface area contributed by atoms with Crippen LogP contribution in [-0.4, -0.2) is 137 Å². The number of hydrogen-bond donors (Lipinski definition) is 10. The second-order valence-electron chi connectivity index (χ2n) is 16.1. The molecule has 8 amide bonds. The van der Waals surface area contributed by atoms with Crippen molar-refractivity contribution in [3.63, 3.8) is 0 Å². The van der Waals surface area contributed by atoms with Crippen molar-refractivity contribution in [2.75, 3.05) is 31.7 Å². The number of carbonyl (C=O) groups is 8. The Bertz CT molecular complexity index is 1510. The smallest absolute Gasteiger partial charge is 0.245 e. The van der Waals surface area contributed by atoms with Crippen LogP contribution >= 0.6 is 11.8 Å². The van der Waals surface area contributed by atoms with E-state index in [1.807, 2.05) is 20.1 Å². The average molecular weight is 868 g/mol. The highest BCUT2D eigenvalue weighted by Crippen LogP contribution is 2.28. The van der Waals surface area contributed by atoms with Gasteiger partial charge in [-0.25, -0.2) is 0 Å². The molecule has 0 unspecified atom stereocenters. The Balaban J connectivity index is 2.19. The van der Waals surface area contributed by atoms with Gasteiger partial charge in [-0.05, 0) is 75.7 Å². The normalized spacial score (nSPS) is 18.4. The number of amides is 8. The first-order chi connectivity index (χ1) is 28.4. The average Bonchev–Trinajstić information content (AvgIpc) is 3.69. The molecule has 1 aliphatic carbocycles. The van der Waals surface area contributed by atoms with Crippen molar-refractivity contribution in [3.05, 3.63) is 0 Å². The minimum Gasteiger partial charge on any atom is -0.394 e. The van der Waals surface area contributed by atoms with Crippen molar-refractivity contribution in [2.45, 2.75) is 147 Å². The van der Waals surface area contributed by atoms with Crippen molar-refractivity contribution in [2.24, 2.45) is 34.0 Å². The number of nitrogens with two attached hydrogens (primary N) is 3. The van der Waals surface area contributed by atoms with Gasteiger partial charge in [0.2, 0.25) is 47.3 Å². The standard InChI is InChI=1S/C39H69N11O9S/c1-22(2)19-28(32(40)53)48-36(57)30(21-51)49-33(54)23(3)44-34(55)26(15-18-60-5)46-37(58)31-14-10-17-50(31)38(59)27(13-9-16-43-39(41)42)47-35(56)29(45-24(4)52)20-25-11-7-6-8-12-25/h22-23,25-31,51H,6-21H2,1-5H3,(H2,40,53)(H,44,55)(H,45,52)(H,46,58)(H,47,56)(H,48,57)(H,49,54)(H4,41,42,43)/t23-,26-,27-,28-,29-,30-,31-/m0/s1. The van der Waals surface area contributed by atoms with Crippen LogP contribution in [0.15, 0.2) is 4.99 Å². The lowest BCUT2D eigenvalue weighted by Crippen LogP contribution is -2.59. The third-order valence-corrected chi connectivity index (χ3v) is 11.2. The molecule has 60 heavy (non-hydrogen) atoms. The van der Waals surface area contributed by atoms with Crippen LogP contribution in [0.3, 0.4) is 0 Å². The quantitative estimate of drug-likeness (QED) is 0.0277. The number of aliphatic imine (C=N–C) groups is 1. The number of aliphatic hydroxyl groups is 1.